The summed E-state index contributed by atoms with van der Waals surface area (Å²) in [6, 6.07) is 18.5. The molecule has 2 amide bonds. The van der Waals surface area contributed by atoms with Gasteiger partial charge in [0.25, 0.3) is 0 Å². The first-order valence-electron chi connectivity index (χ1n) is 9.91. The van der Waals surface area contributed by atoms with Crippen LogP contribution in [0.1, 0.15) is 6.92 Å². The van der Waals surface area contributed by atoms with E-state index in [9.17, 15) is 9.59 Å². The Morgan fingerprint density at radius 3 is 2.18 bits per heavy atom. The zero-order valence-corrected chi connectivity index (χ0v) is 19.9. The minimum absolute atomic E-state index is 0.149. The average Bonchev–Trinajstić information content (AvgIpc) is 3.24. The molecule has 0 saturated carbocycles. The van der Waals surface area contributed by atoms with Crippen LogP contribution in [0.25, 0.3) is 17.1 Å². The highest BCUT2D eigenvalue weighted by Crippen LogP contribution is 2.28. The van der Waals surface area contributed by atoms with Crippen molar-refractivity contribution < 1.29 is 9.59 Å². The monoisotopic (exact) mass is 522 g/mol. The fraction of sp³-hybridized carbons (Fsp3) is 0.0870. The maximum Gasteiger partial charge on any atom is 0.234 e. The number of pyridine rings is 1. The summed E-state index contributed by atoms with van der Waals surface area (Å²) < 4.78 is 2.88. The van der Waals surface area contributed by atoms with Crippen molar-refractivity contribution in [2.75, 3.05) is 16.4 Å². The highest BCUT2D eigenvalue weighted by atomic mass is 79.9. The largest absolute Gasteiger partial charge is 0.326 e. The summed E-state index contributed by atoms with van der Waals surface area (Å²) in [5, 5.41) is 14.8. The van der Waals surface area contributed by atoms with Crippen molar-refractivity contribution in [3.05, 3.63) is 77.5 Å². The Kier molecular flexibility index (Phi) is 7.16. The van der Waals surface area contributed by atoms with Gasteiger partial charge in [-0.2, -0.15) is 0 Å². The molecule has 8 nitrogen and oxygen atoms in total. The smallest absolute Gasteiger partial charge is 0.234 e. The van der Waals surface area contributed by atoms with Gasteiger partial charge in [-0.25, -0.2) is 0 Å². The van der Waals surface area contributed by atoms with Crippen LogP contribution in [0.2, 0.25) is 0 Å². The molecule has 0 fully saturated rings. The molecule has 0 aliphatic carbocycles. The number of nitrogens with one attached hydrogen (secondary N) is 2. The predicted molar refractivity (Wildman–Crippen MR) is 132 cm³/mol. The van der Waals surface area contributed by atoms with Crippen molar-refractivity contribution in [2.45, 2.75) is 12.1 Å². The Morgan fingerprint density at radius 1 is 0.909 bits per heavy atom. The number of nitrogens with zero attached hydrogens (tertiary/aromatic N) is 4. The van der Waals surface area contributed by atoms with Gasteiger partial charge in [0.05, 0.1) is 5.75 Å². The molecule has 2 aromatic heterocycles. The van der Waals surface area contributed by atoms with E-state index >= 15 is 0 Å². The standard InChI is InChI=1S/C23H19BrN6O2S/c1-15(31)26-18-4-6-19(7-5-18)27-21(32)14-33-23-29-28-22(16-10-12-25-13-11-16)30(23)20-8-2-17(24)3-9-20/h2-13H,14H2,1H3,(H,26,31)(H,27,32). The molecular weight excluding hydrogens is 504 g/mol. The molecule has 2 aromatic carbocycles. The Bertz CT molecular complexity index is 1260. The third-order valence-electron chi connectivity index (χ3n) is 4.48. The predicted octanol–water partition coefficient (Wildman–Crippen LogP) is 4.78. The summed E-state index contributed by atoms with van der Waals surface area (Å²) in [7, 11) is 0. The van der Waals surface area contributed by atoms with E-state index in [4.69, 9.17) is 0 Å². The molecule has 0 spiro atoms. The number of hydrogen-bond donors (Lipinski definition) is 2. The summed E-state index contributed by atoms with van der Waals surface area (Å²) in [6.07, 6.45) is 3.40. The van der Waals surface area contributed by atoms with Gasteiger partial charge >= 0.3 is 0 Å². The van der Waals surface area contributed by atoms with Gasteiger partial charge in [-0.05, 0) is 60.7 Å². The van der Waals surface area contributed by atoms with Gasteiger partial charge < -0.3 is 10.6 Å². The Labute approximate surface area is 203 Å². The molecule has 166 valence electrons. The van der Waals surface area contributed by atoms with E-state index in [0.29, 0.717) is 22.4 Å². The maximum absolute atomic E-state index is 12.5. The topological polar surface area (TPSA) is 102 Å². The quantitative estimate of drug-likeness (QED) is 0.338. The highest BCUT2D eigenvalue weighted by molar-refractivity contribution is 9.10. The van der Waals surface area contributed by atoms with Crippen molar-refractivity contribution in [1.29, 1.82) is 0 Å². The van der Waals surface area contributed by atoms with Crippen LogP contribution in [0.15, 0.2) is 82.7 Å². The van der Waals surface area contributed by atoms with Crippen molar-refractivity contribution in [2.24, 2.45) is 0 Å². The van der Waals surface area contributed by atoms with Gasteiger partial charge in [0.1, 0.15) is 0 Å². The Balaban J connectivity index is 1.51. The SMILES string of the molecule is CC(=O)Nc1ccc(NC(=O)CSc2nnc(-c3ccncc3)n2-c2ccc(Br)cc2)cc1. The number of carbonyl (C=O) groups excluding carboxylic acids is 2. The van der Waals surface area contributed by atoms with Crippen LogP contribution in [0.3, 0.4) is 0 Å². The lowest BCUT2D eigenvalue weighted by Crippen LogP contribution is -2.14. The van der Waals surface area contributed by atoms with Crippen LogP contribution in [0.5, 0.6) is 0 Å². The first-order chi connectivity index (χ1) is 16.0. The number of amides is 2. The number of halogens is 1. The van der Waals surface area contributed by atoms with Crippen molar-refractivity contribution in [3.63, 3.8) is 0 Å². The van der Waals surface area contributed by atoms with Crippen LogP contribution in [0.4, 0.5) is 11.4 Å². The molecule has 0 saturated heterocycles. The lowest BCUT2D eigenvalue weighted by Gasteiger charge is -2.11. The molecule has 0 aliphatic rings. The van der Waals surface area contributed by atoms with E-state index in [-0.39, 0.29) is 17.6 Å². The normalized spacial score (nSPS) is 10.6. The van der Waals surface area contributed by atoms with Crippen LogP contribution >= 0.6 is 27.7 Å². The number of benzene rings is 2. The summed E-state index contributed by atoms with van der Waals surface area (Å²) in [5.41, 5.74) is 3.06. The minimum atomic E-state index is -0.178. The summed E-state index contributed by atoms with van der Waals surface area (Å²) in [4.78, 5) is 27.7. The second-order valence-electron chi connectivity index (χ2n) is 6.95. The van der Waals surface area contributed by atoms with E-state index < -0.39 is 0 Å². The first-order valence-corrected chi connectivity index (χ1v) is 11.7. The maximum atomic E-state index is 12.5. The molecule has 10 heteroatoms. The third-order valence-corrected chi connectivity index (χ3v) is 5.94. The number of anilines is 2. The molecule has 4 rings (SSSR count). The molecule has 0 radical (unpaired) electrons. The van der Waals surface area contributed by atoms with Crippen molar-refractivity contribution in [1.82, 2.24) is 19.7 Å². The molecule has 0 unspecified atom stereocenters. The van der Waals surface area contributed by atoms with Gasteiger partial charge in [0.15, 0.2) is 11.0 Å². The Morgan fingerprint density at radius 2 is 1.55 bits per heavy atom. The zero-order valence-electron chi connectivity index (χ0n) is 17.5. The van der Waals surface area contributed by atoms with E-state index in [0.717, 1.165) is 15.7 Å². The molecular formula is C23H19BrN6O2S. The van der Waals surface area contributed by atoms with Crippen molar-refractivity contribution >= 4 is 50.9 Å². The molecule has 4 aromatic rings. The van der Waals surface area contributed by atoms with Gasteiger partial charge in [-0.15, -0.1) is 10.2 Å². The fourth-order valence-electron chi connectivity index (χ4n) is 3.04. The average molecular weight is 523 g/mol. The number of carbonyl (C=O) groups is 2. The fourth-order valence-corrected chi connectivity index (χ4v) is 4.06. The van der Waals surface area contributed by atoms with E-state index in [1.54, 1.807) is 36.7 Å². The number of thioether (sulfide) groups is 1. The second kappa shape index (κ2) is 10.4. The zero-order chi connectivity index (χ0) is 23.2. The molecule has 2 heterocycles. The first kappa shape index (κ1) is 22.7. The van der Waals surface area contributed by atoms with Crippen LogP contribution in [0, 0.1) is 0 Å². The van der Waals surface area contributed by atoms with Gasteiger partial charge in [0, 0.05) is 46.4 Å². The molecule has 2 N–H and O–H groups in total. The number of rotatable bonds is 7. The molecule has 0 aliphatic heterocycles. The number of hydrogen-bond acceptors (Lipinski definition) is 6. The summed E-state index contributed by atoms with van der Waals surface area (Å²) >= 11 is 4.75. The minimum Gasteiger partial charge on any atom is -0.326 e. The number of aromatic nitrogens is 4. The lowest BCUT2D eigenvalue weighted by atomic mass is 10.2. The Hall–Kier alpha value is -3.50. The summed E-state index contributed by atoms with van der Waals surface area (Å²) in [5.74, 6) is 0.488. The van der Waals surface area contributed by atoms with E-state index in [1.807, 2.05) is 41.0 Å². The van der Waals surface area contributed by atoms with Crippen LogP contribution < -0.4 is 10.6 Å². The second-order valence-corrected chi connectivity index (χ2v) is 8.81. The van der Waals surface area contributed by atoms with Crippen LogP contribution in [-0.4, -0.2) is 37.3 Å². The molecule has 0 atom stereocenters. The van der Waals surface area contributed by atoms with E-state index in [1.165, 1.54) is 18.7 Å². The summed E-state index contributed by atoms with van der Waals surface area (Å²) in [6.45, 7) is 1.44. The van der Waals surface area contributed by atoms with Gasteiger partial charge in [-0.3, -0.25) is 19.1 Å². The lowest BCUT2D eigenvalue weighted by molar-refractivity contribution is -0.114. The highest BCUT2D eigenvalue weighted by Gasteiger charge is 2.17. The third kappa shape index (κ3) is 5.85. The van der Waals surface area contributed by atoms with E-state index in [2.05, 4.69) is 41.7 Å². The van der Waals surface area contributed by atoms with Gasteiger partial charge in [-0.1, -0.05) is 27.7 Å². The molecule has 0 bridgehead atoms. The van der Waals surface area contributed by atoms with Crippen molar-refractivity contribution in [3.8, 4) is 17.1 Å². The molecule has 33 heavy (non-hydrogen) atoms. The van der Waals surface area contributed by atoms with Gasteiger partial charge in [0.2, 0.25) is 11.8 Å². The van der Waals surface area contributed by atoms with Crippen LogP contribution in [-0.2, 0) is 9.59 Å².